The van der Waals surface area contributed by atoms with Crippen LogP contribution in [0.15, 0.2) is 30.3 Å². The molecule has 2 bridgehead atoms. The first-order valence-electron chi connectivity index (χ1n) is 6.67. The van der Waals surface area contributed by atoms with E-state index in [0.717, 1.165) is 12.4 Å². The first kappa shape index (κ1) is 11.1. The summed E-state index contributed by atoms with van der Waals surface area (Å²) < 4.78 is 5.96. The van der Waals surface area contributed by atoms with Crippen LogP contribution in [0.1, 0.15) is 38.5 Å². The van der Waals surface area contributed by atoms with Gasteiger partial charge in [0.1, 0.15) is 5.75 Å². The predicted octanol–water partition coefficient (Wildman–Crippen LogP) is 3.12. The van der Waals surface area contributed by atoms with Gasteiger partial charge in [0.25, 0.3) is 0 Å². The Kier molecular flexibility index (Phi) is 2.62. The molecule has 0 heterocycles. The van der Waals surface area contributed by atoms with Crippen LogP contribution in [-0.2, 0) is 0 Å². The average Bonchev–Trinajstić information content (AvgIpc) is 2.40. The van der Waals surface area contributed by atoms with E-state index in [1.165, 1.54) is 38.5 Å². The normalized spacial score (nSPS) is 35.8. The topological polar surface area (TPSA) is 35.2 Å². The molecular formula is C15H21NO. The van der Waals surface area contributed by atoms with Crippen molar-refractivity contribution in [2.75, 3.05) is 6.61 Å². The summed E-state index contributed by atoms with van der Waals surface area (Å²) in [6.07, 6.45) is 7.30. The van der Waals surface area contributed by atoms with Crippen LogP contribution in [0.3, 0.4) is 0 Å². The number of fused-ring (bicyclic) bond motifs is 3. The minimum Gasteiger partial charge on any atom is -0.493 e. The van der Waals surface area contributed by atoms with Crippen LogP contribution >= 0.6 is 0 Å². The van der Waals surface area contributed by atoms with Gasteiger partial charge in [0.05, 0.1) is 6.61 Å². The Labute approximate surface area is 103 Å². The van der Waals surface area contributed by atoms with Crippen LogP contribution in [0.4, 0.5) is 0 Å². The zero-order chi connectivity index (χ0) is 11.8. The highest BCUT2D eigenvalue weighted by atomic mass is 16.5. The van der Waals surface area contributed by atoms with Crippen molar-refractivity contribution in [2.24, 2.45) is 11.1 Å². The van der Waals surface area contributed by atoms with Gasteiger partial charge in [-0.25, -0.2) is 0 Å². The lowest BCUT2D eigenvalue weighted by Gasteiger charge is -2.51. The molecule has 0 unspecified atom stereocenters. The highest BCUT2D eigenvalue weighted by molar-refractivity contribution is 5.21. The van der Waals surface area contributed by atoms with Crippen molar-refractivity contribution in [3.05, 3.63) is 30.3 Å². The average molecular weight is 231 g/mol. The molecule has 0 atom stereocenters. The molecule has 3 aliphatic rings. The smallest absolute Gasteiger partial charge is 0.119 e. The summed E-state index contributed by atoms with van der Waals surface area (Å²) in [6, 6.07) is 10.2. The van der Waals surface area contributed by atoms with Gasteiger partial charge >= 0.3 is 0 Å². The van der Waals surface area contributed by atoms with Gasteiger partial charge in [-0.2, -0.15) is 0 Å². The maximum Gasteiger partial charge on any atom is 0.119 e. The third-order valence-corrected chi connectivity index (χ3v) is 4.75. The van der Waals surface area contributed by atoms with E-state index in [2.05, 4.69) is 0 Å². The molecule has 0 radical (unpaired) electrons. The largest absolute Gasteiger partial charge is 0.493 e. The Morgan fingerprint density at radius 2 is 1.53 bits per heavy atom. The van der Waals surface area contributed by atoms with E-state index in [4.69, 9.17) is 10.5 Å². The van der Waals surface area contributed by atoms with Crippen LogP contribution in [-0.4, -0.2) is 12.1 Å². The molecule has 2 nitrogen and oxygen atoms in total. The third-order valence-electron chi connectivity index (χ3n) is 4.75. The minimum atomic E-state index is 0.161. The second-order valence-corrected chi connectivity index (χ2v) is 5.96. The summed E-state index contributed by atoms with van der Waals surface area (Å²) >= 11 is 0. The quantitative estimate of drug-likeness (QED) is 0.867. The molecule has 0 spiro atoms. The van der Waals surface area contributed by atoms with Crippen molar-refractivity contribution in [1.82, 2.24) is 0 Å². The van der Waals surface area contributed by atoms with Gasteiger partial charge in [0, 0.05) is 11.0 Å². The van der Waals surface area contributed by atoms with E-state index >= 15 is 0 Å². The lowest BCUT2D eigenvalue weighted by molar-refractivity contribution is 0.00532. The molecule has 2 heteroatoms. The van der Waals surface area contributed by atoms with E-state index in [1.54, 1.807) is 0 Å². The molecule has 1 aromatic rings. The summed E-state index contributed by atoms with van der Waals surface area (Å²) in [7, 11) is 0. The standard InChI is InChI=1S/C15H21NO/c16-15-9-6-14(7-10-15,8-11-15)12-17-13-4-2-1-3-5-13/h1-5H,6-12,16H2. The number of nitrogens with two attached hydrogens (primary N) is 1. The van der Waals surface area contributed by atoms with E-state index in [9.17, 15) is 0 Å². The highest BCUT2D eigenvalue weighted by Crippen LogP contribution is 2.51. The first-order chi connectivity index (χ1) is 8.20. The highest BCUT2D eigenvalue weighted by Gasteiger charge is 2.46. The lowest BCUT2D eigenvalue weighted by atomic mass is 9.58. The predicted molar refractivity (Wildman–Crippen MR) is 69.0 cm³/mol. The number of para-hydroxylation sites is 1. The lowest BCUT2D eigenvalue weighted by Crippen LogP contribution is -2.53. The van der Waals surface area contributed by atoms with Crippen molar-refractivity contribution in [2.45, 2.75) is 44.1 Å². The summed E-state index contributed by atoms with van der Waals surface area (Å²) in [5, 5.41) is 0. The van der Waals surface area contributed by atoms with Crippen LogP contribution in [0.5, 0.6) is 5.75 Å². The van der Waals surface area contributed by atoms with Gasteiger partial charge in [-0.1, -0.05) is 18.2 Å². The molecule has 0 amide bonds. The van der Waals surface area contributed by atoms with Gasteiger partial charge < -0.3 is 10.5 Å². The van der Waals surface area contributed by atoms with Crippen molar-refractivity contribution in [3.63, 3.8) is 0 Å². The molecule has 0 aromatic heterocycles. The van der Waals surface area contributed by atoms with Crippen molar-refractivity contribution in [1.29, 1.82) is 0 Å². The van der Waals surface area contributed by atoms with Crippen molar-refractivity contribution >= 4 is 0 Å². The van der Waals surface area contributed by atoms with Crippen molar-refractivity contribution < 1.29 is 4.74 Å². The summed E-state index contributed by atoms with van der Waals surface area (Å²) in [6.45, 7) is 0.868. The molecule has 0 aliphatic heterocycles. The Hall–Kier alpha value is -1.02. The fraction of sp³-hybridized carbons (Fsp3) is 0.600. The number of ether oxygens (including phenoxy) is 1. The molecule has 4 rings (SSSR count). The zero-order valence-electron chi connectivity index (χ0n) is 10.3. The second kappa shape index (κ2) is 4.02. The van der Waals surface area contributed by atoms with Crippen LogP contribution in [0, 0.1) is 5.41 Å². The Morgan fingerprint density at radius 1 is 0.941 bits per heavy atom. The van der Waals surface area contributed by atoms with Gasteiger partial charge in [0.2, 0.25) is 0 Å². The number of hydrogen-bond donors (Lipinski definition) is 1. The van der Waals surface area contributed by atoms with E-state index in [1.807, 2.05) is 30.3 Å². The molecule has 3 saturated carbocycles. The van der Waals surface area contributed by atoms with Crippen LogP contribution < -0.4 is 10.5 Å². The Bertz CT molecular complexity index is 363. The molecule has 1 aromatic carbocycles. The Morgan fingerprint density at radius 3 is 2.12 bits per heavy atom. The summed E-state index contributed by atoms with van der Waals surface area (Å²) in [4.78, 5) is 0. The van der Waals surface area contributed by atoms with Gasteiger partial charge in [-0.15, -0.1) is 0 Å². The third kappa shape index (κ3) is 2.19. The number of rotatable bonds is 3. The summed E-state index contributed by atoms with van der Waals surface area (Å²) in [5.74, 6) is 0.997. The fourth-order valence-electron chi connectivity index (χ4n) is 3.26. The number of benzene rings is 1. The van der Waals surface area contributed by atoms with E-state index in [-0.39, 0.29) is 5.54 Å². The maximum atomic E-state index is 6.32. The number of hydrogen-bond acceptors (Lipinski definition) is 2. The molecule has 3 aliphatic carbocycles. The van der Waals surface area contributed by atoms with Gasteiger partial charge in [0.15, 0.2) is 0 Å². The first-order valence-corrected chi connectivity index (χ1v) is 6.67. The molecular weight excluding hydrogens is 210 g/mol. The molecule has 3 fully saturated rings. The van der Waals surface area contributed by atoms with Crippen molar-refractivity contribution in [3.8, 4) is 5.75 Å². The van der Waals surface area contributed by atoms with Gasteiger partial charge in [-0.05, 0) is 50.7 Å². The monoisotopic (exact) mass is 231 g/mol. The molecule has 17 heavy (non-hydrogen) atoms. The zero-order valence-corrected chi connectivity index (χ0v) is 10.3. The minimum absolute atomic E-state index is 0.161. The Balaban J connectivity index is 1.62. The molecule has 0 saturated heterocycles. The van der Waals surface area contributed by atoms with Gasteiger partial charge in [-0.3, -0.25) is 0 Å². The maximum absolute atomic E-state index is 6.32. The summed E-state index contributed by atoms with van der Waals surface area (Å²) in [5.41, 5.74) is 6.90. The molecule has 2 N–H and O–H groups in total. The SMILES string of the molecule is NC12CCC(COc3ccccc3)(CC1)CC2. The van der Waals surface area contributed by atoms with E-state index in [0.29, 0.717) is 5.41 Å². The van der Waals surface area contributed by atoms with E-state index < -0.39 is 0 Å². The van der Waals surface area contributed by atoms with Crippen LogP contribution in [0.2, 0.25) is 0 Å². The fourth-order valence-corrected chi connectivity index (χ4v) is 3.26. The molecule has 92 valence electrons. The van der Waals surface area contributed by atoms with Crippen LogP contribution in [0.25, 0.3) is 0 Å². The second-order valence-electron chi connectivity index (χ2n) is 5.96.